The monoisotopic (exact) mass is 324 g/mol. The van der Waals surface area contributed by atoms with Crippen LogP contribution in [0.4, 0.5) is 5.69 Å². The van der Waals surface area contributed by atoms with E-state index in [1.54, 1.807) is 28.8 Å². The molecule has 0 spiro atoms. The van der Waals surface area contributed by atoms with Gasteiger partial charge >= 0.3 is 5.97 Å². The first-order valence-electron chi connectivity index (χ1n) is 7.43. The number of fused-ring (bicyclic) bond motifs is 1. The van der Waals surface area contributed by atoms with E-state index in [4.69, 9.17) is 0 Å². The van der Waals surface area contributed by atoms with Crippen molar-refractivity contribution in [3.05, 3.63) is 59.6 Å². The van der Waals surface area contributed by atoms with Crippen LogP contribution in [0.3, 0.4) is 0 Å². The molecule has 3 rings (SSSR count). The zero-order valence-electron chi connectivity index (χ0n) is 13.0. The minimum absolute atomic E-state index is 0.0262. The van der Waals surface area contributed by atoms with Crippen molar-refractivity contribution in [3.8, 4) is 11.5 Å². The van der Waals surface area contributed by atoms with Gasteiger partial charge < -0.3 is 19.9 Å². The van der Waals surface area contributed by atoms with Crippen LogP contribution in [-0.2, 0) is 6.54 Å². The van der Waals surface area contributed by atoms with Crippen LogP contribution in [0.1, 0.15) is 17.3 Å². The second-order valence-electron chi connectivity index (χ2n) is 5.29. The van der Waals surface area contributed by atoms with E-state index in [1.807, 2.05) is 13.0 Å². The molecule has 6 nitrogen and oxygen atoms in total. The van der Waals surface area contributed by atoms with E-state index in [2.05, 4.69) is 4.99 Å². The number of carbonyl (C=O) groups is 1. The summed E-state index contributed by atoms with van der Waals surface area (Å²) in [5.41, 5.74) is 1.22. The molecule has 0 atom stereocenters. The number of aromatic carboxylic acids is 1. The molecule has 0 saturated carbocycles. The molecular formula is C18H16N2O4. The third-order valence-corrected chi connectivity index (χ3v) is 3.77. The van der Waals surface area contributed by atoms with Crippen molar-refractivity contribution >= 4 is 22.6 Å². The second-order valence-corrected chi connectivity index (χ2v) is 5.29. The molecule has 122 valence electrons. The molecule has 24 heavy (non-hydrogen) atoms. The van der Waals surface area contributed by atoms with Gasteiger partial charge in [0.15, 0.2) is 11.5 Å². The van der Waals surface area contributed by atoms with Gasteiger partial charge in [0.1, 0.15) is 5.56 Å². The molecule has 1 aromatic heterocycles. The molecule has 0 unspecified atom stereocenters. The number of hydrogen-bond donors (Lipinski definition) is 3. The summed E-state index contributed by atoms with van der Waals surface area (Å²) >= 11 is 0. The number of carboxylic acid groups (broad SMARTS) is 1. The predicted molar refractivity (Wildman–Crippen MR) is 89.6 cm³/mol. The summed E-state index contributed by atoms with van der Waals surface area (Å²) in [5, 5.41) is 29.9. The highest BCUT2D eigenvalue weighted by molar-refractivity contribution is 5.93. The highest BCUT2D eigenvalue weighted by Gasteiger charge is 2.15. The highest BCUT2D eigenvalue weighted by atomic mass is 16.4. The SMILES string of the molecule is CCn1cc(C(=O)O)c(=Nc2ccccc2)c2cc(O)c(O)cc21. The average Bonchev–Trinajstić information content (AvgIpc) is 2.57. The molecule has 3 N–H and O–H groups in total. The van der Waals surface area contributed by atoms with E-state index >= 15 is 0 Å². The van der Waals surface area contributed by atoms with E-state index < -0.39 is 5.97 Å². The Morgan fingerprint density at radius 1 is 1.12 bits per heavy atom. The first kappa shape index (κ1) is 15.6. The summed E-state index contributed by atoms with van der Waals surface area (Å²) in [6.45, 7) is 2.37. The van der Waals surface area contributed by atoms with Crippen LogP contribution in [0.15, 0.2) is 53.7 Å². The maximum Gasteiger partial charge on any atom is 0.339 e. The van der Waals surface area contributed by atoms with Gasteiger partial charge in [0.05, 0.1) is 16.6 Å². The van der Waals surface area contributed by atoms with Crippen molar-refractivity contribution in [3.63, 3.8) is 0 Å². The molecule has 0 aliphatic heterocycles. The number of phenolic OH excluding ortho intramolecular Hbond substituents is 2. The van der Waals surface area contributed by atoms with Crippen molar-refractivity contribution in [2.24, 2.45) is 4.99 Å². The van der Waals surface area contributed by atoms with E-state index in [0.29, 0.717) is 23.1 Å². The minimum Gasteiger partial charge on any atom is -0.504 e. The lowest BCUT2D eigenvalue weighted by atomic mass is 10.1. The first-order valence-corrected chi connectivity index (χ1v) is 7.43. The summed E-state index contributed by atoms with van der Waals surface area (Å²) in [6, 6.07) is 11.7. The molecule has 0 amide bonds. The normalized spacial score (nSPS) is 11.8. The largest absolute Gasteiger partial charge is 0.504 e. The van der Waals surface area contributed by atoms with E-state index in [9.17, 15) is 20.1 Å². The van der Waals surface area contributed by atoms with E-state index in [1.165, 1.54) is 18.3 Å². The summed E-state index contributed by atoms with van der Waals surface area (Å²) < 4.78 is 1.70. The Labute approximate surface area is 137 Å². The van der Waals surface area contributed by atoms with Crippen LogP contribution < -0.4 is 5.36 Å². The van der Waals surface area contributed by atoms with Gasteiger partial charge in [-0.1, -0.05) is 18.2 Å². The van der Waals surface area contributed by atoms with E-state index in [-0.39, 0.29) is 22.4 Å². The van der Waals surface area contributed by atoms with Crippen molar-refractivity contribution in [2.45, 2.75) is 13.5 Å². The van der Waals surface area contributed by atoms with Crippen LogP contribution in [-0.4, -0.2) is 25.9 Å². The lowest BCUT2D eigenvalue weighted by Gasteiger charge is -2.13. The minimum atomic E-state index is -1.11. The Morgan fingerprint density at radius 3 is 2.42 bits per heavy atom. The van der Waals surface area contributed by atoms with Gasteiger partial charge in [-0.2, -0.15) is 0 Å². The Hall–Kier alpha value is -3.28. The number of benzene rings is 2. The first-order chi connectivity index (χ1) is 11.5. The molecule has 0 aliphatic rings. The molecule has 0 aliphatic carbocycles. The van der Waals surface area contributed by atoms with Crippen molar-refractivity contribution in [1.29, 1.82) is 0 Å². The van der Waals surface area contributed by atoms with Crippen LogP contribution >= 0.6 is 0 Å². The lowest BCUT2D eigenvalue weighted by Crippen LogP contribution is -2.20. The fourth-order valence-electron chi connectivity index (χ4n) is 2.59. The standard InChI is InChI=1S/C18H16N2O4/c1-2-20-10-13(18(23)24)17(19-11-6-4-3-5-7-11)12-8-15(21)16(22)9-14(12)20/h3-10,21-22H,2H2,1H3,(H,23,24). The Kier molecular flexibility index (Phi) is 3.95. The van der Waals surface area contributed by atoms with Crippen LogP contribution in [0, 0.1) is 0 Å². The molecule has 0 bridgehead atoms. The zero-order chi connectivity index (χ0) is 17.3. The number of pyridine rings is 1. The van der Waals surface area contributed by atoms with Crippen molar-refractivity contribution in [1.82, 2.24) is 4.57 Å². The Morgan fingerprint density at radius 2 is 1.79 bits per heavy atom. The van der Waals surface area contributed by atoms with Gasteiger partial charge in [-0.15, -0.1) is 0 Å². The van der Waals surface area contributed by atoms with E-state index in [0.717, 1.165) is 0 Å². The third kappa shape index (κ3) is 2.69. The highest BCUT2D eigenvalue weighted by Crippen LogP contribution is 2.29. The van der Waals surface area contributed by atoms with Crippen molar-refractivity contribution < 1.29 is 20.1 Å². The number of hydrogen-bond acceptors (Lipinski definition) is 4. The van der Waals surface area contributed by atoms with Crippen molar-refractivity contribution in [2.75, 3.05) is 0 Å². The van der Waals surface area contributed by atoms with Crippen LogP contribution in [0.2, 0.25) is 0 Å². The predicted octanol–water partition coefficient (Wildman–Crippen LogP) is 3.00. The molecule has 0 radical (unpaired) electrons. The molecule has 6 heteroatoms. The number of carboxylic acids is 1. The number of rotatable bonds is 3. The topological polar surface area (TPSA) is 95.1 Å². The molecular weight excluding hydrogens is 308 g/mol. The quantitative estimate of drug-likeness (QED) is 0.645. The fourth-order valence-corrected chi connectivity index (χ4v) is 2.59. The Balaban J connectivity index is 2.50. The number of phenols is 2. The fraction of sp³-hybridized carbons (Fsp3) is 0.111. The Bertz CT molecular complexity index is 991. The maximum absolute atomic E-state index is 11.7. The smallest absolute Gasteiger partial charge is 0.339 e. The summed E-state index contributed by atoms with van der Waals surface area (Å²) in [6.07, 6.45) is 1.49. The third-order valence-electron chi connectivity index (χ3n) is 3.77. The van der Waals surface area contributed by atoms with Gasteiger partial charge in [-0.3, -0.25) is 0 Å². The zero-order valence-corrected chi connectivity index (χ0v) is 13.0. The lowest BCUT2D eigenvalue weighted by molar-refractivity contribution is 0.0694. The van der Waals surface area contributed by atoms with Gasteiger partial charge in [0.25, 0.3) is 0 Å². The summed E-state index contributed by atoms with van der Waals surface area (Å²) in [4.78, 5) is 16.1. The summed E-state index contributed by atoms with van der Waals surface area (Å²) in [7, 11) is 0. The van der Waals surface area contributed by atoms with Gasteiger partial charge in [0.2, 0.25) is 0 Å². The van der Waals surface area contributed by atoms with Crippen LogP contribution in [0.5, 0.6) is 11.5 Å². The molecule has 0 saturated heterocycles. The van der Waals surface area contributed by atoms with Crippen LogP contribution in [0.25, 0.3) is 10.9 Å². The number of para-hydroxylation sites is 1. The van der Waals surface area contributed by atoms with Gasteiger partial charge in [-0.05, 0) is 25.1 Å². The summed E-state index contributed by atoms with van der Waals surface area (Å²) in [5.74, 6) is -1.70. The molecule has 1 heterocycles. The average molecular weight is 324 g/mol. The molecule has 2 aromatic carbocycles. The van der Waals surface area contributed by atoms with Gasteiger partial charge in [0, 0.05) is 24.2 Å². The second kappa shape index (κ2) is 6.08. The molecule has 3 aromatic rings. The molecule has 0 fully saturated rings. The number of nitrogens with zero attached hydrogens (tertiary/aromatic N) is 2. The number of aromatic hydroxyl groups is 2. The number of aromatic nitrogens is 1. The maximum atomic E-state index is 11.7. The number of aryl methyl sites for hydroxylation is 1. The van der Waals surface area contributed by atoms with Gasteiger partial charge in [-0.25, -0.2) is 9.79 Å².